The number of rotatable bonds is 44. The lowest BCUT2D eigenvalue weighted by Crippen LogP contribution is -2.29. The fraction of sp³-hybridized carbons (Fsp3) is 0.830. The molecule has 0 saturated carbocycles. The summed E-state index contributed by atoms with van der Waals surface area (Å²) in [5.74, 6) is -0.833. The van der Waals surface area contributed by atoms with Crippen LogP contribution < -0.4 is 5.73 Å². The van der Waals surface area contributed by atoms with Crippen molar-refractivity contribution in [2.75, 3.05) is 26.4 Å². The third-order valence-electron chi connectivity index (χ3n) is 10.00. The van der Waals surface area contributed by atoms with Gasteiger partial charge in [-0.15, -0.1) is 0 Å². The lowest BCUT2D eigenvalue weighted by molar-refractivity contribution is -0.161. The van der Waals surface area contributed by atoms with Crippen LogP contribution in [0.15, 0.2) is 36.5 Å². The van der Waals surface area contributed by atoms with Gasteiger partial charge in [0.1, 0.15) is 6.61 Å². The van der Waals surface area contributed by atoms with Gasteiger partial charge in [-0.2, -0.15) is 0 Å². The summed E-state index contributed by atoms with van der Waals surface area (Å²) in [6.07, 6.45) is 48.8. The number of hydrogen-bond donors (Lipinski definition) is 2. The van der Waals surface area contributed by atoms with Gasteiger partial charge in [0.15, 0.2) is 6.10 Å². The maximum Gasteiger partial charge on any atom is 0.472 e. The molecule has 0 amide bonds. The Balaban J connectivity index is 4.10. The largest absolute Gasteiger partial charge is 0.472 e. The van der Waals surface area contributed by atoms with Crippen LogP contribution in [-0.2, 0) is 32.7 Å². The van der Waals surface area contributed by atoms with Crippen molar-refractivity contribution in [2.45, 2.75) is 225 Å². The van der Waals surface area contributed by atoms with Crippen LogP contribution in [0.4, 0.5) is 0 Å². The first-order chi connectivity index (χ1) is 27.8. The second-order valence-corrected chi connectivity index (χ2v) is 17.1. The van der Waals surface area contributed by atoms with Crippen LogP contribution in [0.3, 0.4) is 0 Å². The normalized spacial score (nSPS) is 13.5. The Morgan fingerprint density at radius 2 is 0.912 bits per heavy atom. The molecule has 0 rings (SSSR count). The fourth-order valence-electron chi connectivity index (χ4n) is 6.48. The lowest BCUT2D eigenvalue weighted by Gasteiger charge is -2.19. The fourth-order valence-corrected chi connectivity index (χ4v) is 7.25. The minimum absolute atomic E-state index is 0.0522. The van der Waals surface area contributed by atoms with Gasteiger partial charge < -0.3 is 20.1 Å². The maximum atomic E-state index is 12.6. The number of hydrogen-bond acceptors (Lipinski definition) is 8. The molecule has 0 heterocycles. The second-order valence-electron chi connectivity index (χ2n) is 15.6. The minimum atomic E-state index is -4.38. The summed E-state index contributed by atoms with van der Waals surface area (Å²) in [7, 11) is -4.38. The molecule has 0 bridgehead atoms. The Kier molecular flexibility index (Phi) is 42.4. The Hall–Kier alpha value is -1.77. The molecule has 3 N–H and O–H groups in total. The number of unbranched alkanes of at least 4 members (excludes halogenated alkanes) is 25. The van der Waals surface area contributed by atoms with E-state index in [2.05, 4.69) is 50.3 Å². The predicted octanol–water partition coefficient (Wildman–Crippen LogP) is 13.7. The minimum Gasteiger partial charge on any atom is -0.462 e. The molecule has 2 atom stereocenters. The zero-order valence-electron chi connectivity index (χ0n) is 36.8. The Morgan fingerprint density at radius 3 is 1.39 bits per heavy atom. The molecule has 10 heteroatoms. The SMILES string of the molecule is CCCCC/C=C\C/C=C\CCCCCCCCCCCC(=O)OC[C@H](COP(=O)(O)OCCN)OC(=O)CCCCCCCCC/C=C\CCCCCCCC. The van der Waals surface area contributed by atoms with Gasteiger partial charge in [-0.3, -0.25) is 18.6 Å². The van der Waals surface area contributed by atoms with Crippen molar-refractivity contribution >= 4 is 19.8 Å². The molecule has 0 aliphatic carbocycles. The summed E-state index contributed by atoms with van der Waals surface area (Å²) in [6.45, 7) is 3.71. The van der Waals surface area contributed by atoms with Gasteiger partial charge in [-0.1, -0.05) is 172 Å². The standard InChI is InChI=1S/C47H88NO8P/c1-3-5-7-9-11-13-15-17-19-21-22-24-25-27-29-31-33-35-37-39-46(49)53-43-45(44-55-57(51,52)54-42-41-48)56-47(50)40-38-36-34-32-30-28-26-23-20-18-16-14-12-10-8-6-4-2/h11,13,17-20,45H,3-10,12,14-16,21-44,48H2,1-2H3,(H,51,52)/b13-11-,19-17-,20-18-/t45-/m1/s1. The van der Waals surface area contributed by atoms with E-state index in [0.717, 1.165) is 51.4 Å². The van der Waals surface area contributed by atoms with Crippen LogP contribution in [0.1, 0.15) is 219 Å². The van der Waals surface area contributed by atoms with Crippen LogP contribution >= 0.6 is 7.82 Å². The van der Waals surface area contributed by atoms with E-state index in [9.17, 15) is 19.0 Å². The molecule has 0 aliphatic rings. The molecular weight excluding hydrogens is 737 g/mol. The molecular formula is C47H88NO8P. The van der Waals surface area contributed by atoms with Crippen LogP contribution in [0.25, 0.3) is 0 Å². The van der Waals surface area contributed by atoms with E-state index < -0.39 is 26.5 Å². The van der Waals surface area contributed by atoms with Gasteiger partial charge in [-0.25, -0.2) is 4.57 Å². The highest BCUT2D eigenvalue weighted by Crippen LogP contribution is 2.43. The number of phosphoric ester groups is 1. The van der Waals surface area contributed by atoms with Crippen molar-refractivity contribution in [3.8, 4) is 0 Å². The monoisotopic (exact) mass is 826 g/mol. The first-order valence-corrected chi connectivity index (χ1v) is 25.0. The van der Waals surface area contributed by atoms with Gasteiger partial charge in [0.25, 0.3) is 0 Å². The number of nitrogens with two attached hydrogens (primary N) is 1. The number of ether oxygens (including phenoxy) is 2. The van der Waals surface area contributed by atoms with Gasteiger partial charge >= 0.3 is 19.8 Å². The summed E-state index contributed by atoms with van der Waals surface area (Å²) in [6, 6.07) is 0. The van der Waals surface area contributed by atoms with Crippen molar-refractivity contribution in [1.82, 2.24) is 0 Å². The van der Waals surface area contributed by atoms with Crippen molar-refractivity contribution in [3.63, 3.8) is 0 Å². The Bertz CT molecular complexity index is 1030. The summed E-state index contributed by atoms with van der Waals surface area (Å²) < 4.78 is 32.8. The Labute approximate surface area is 350 Å². The van der Waals surface area contributed by atoms with Crippen molar-refractivity contribution in [1.29, 1.82) is 0 Å². The summed E-state index contributed by atoms with van der Waals surface area (Å²) in [4.78, 5) is 35.0. The van der Waals surface area contributed by atoms with E-state index in [4.69, 9.17) is 24.3 Å². The van der Waals surface area contributed by atoms with Crippen molar-refractivity contribution in [2.24, 2.45) is 5.73 Å². The Morgan fingerprint density at radius 1 is 0.526 bits per heavy atom. The maximum absolute atomic E-state index is 12.6. The van der Waals surface area contributed by atoms with Gasteiger partial charge in [0, 0.05) is 19.4 Å². The first kappa shape index (κ1) is 55.2. The highest BCUT2D eigenvalue weighted by atomic mass is 31.2. The summed E-state index contributed by atoms with van der Waals surface area (Å²) >= 11 is 0. The summed E-state index contributed by atoms with van der Waals surface area (Å²) in [5.41, 5.74) is 5.36. The van der Waals surface area contributed by atoms with Gasteiger partial charge in [-0.05, 0) is 70.6 Å². The molecule has 0 fully saturated rings. The van der Waals surface area contributed by atoms with Crippen LogP contribution in [0.2, 0.25) is 0 Å². The topological polar surface area (TPSA) is 134 Å². The third kappa shape index (κ3) is 43.6. The van der Waals surface area contributed by atoms with E-state index in [1.54, 1.807) is 0 Å². The van der Waals surface area contributed by atoms with Crippen LogP contribution in [-0.4, -0.2) is 49.3 Å². The molecule has 0 aromatic rings. The number of phosphoric acid groups is 1. The van der Waals surface area contributed by atoms with E-state index in [-0.39, 0.29) is 38.6 Å². The number of carbonyl (C=O) groups excluding carboxylic acids is 2. The van der Waals surface area contributed by atoms with E-state index in [1.165, 1.54) is 135 Å². The molecule has 9 nitrogen and oxygen atoms in total. The molecule has 0 aliphatic heterocycles. The highest BCUT2D eigenvalue weighted by Gasteiger charge is 2.26. The average Bonchev–Trinajstić information content (AvgIpc) is 3.20. The smallest absolute Gasteiger partial charge is 0.462 e. The number of esters is 2. The third-order valence-corrected chi connectivity index (χ3v) is 11.0. The molecule has 334 valence electrons. The number of allylic oxidation sites excluding steroid dienone is 6. The average molecular weight is 826 g/mol. The molecule has 0 aromatic carbocycles. The van der Waals surface area contributed by atoms with Crippen molar-refractivity contribution in [3.05, 3.63) is 36.5 Å². The molecule has 0 saturated heterocycles. The number of carbonyl (C=O) groups is 2. The van der Waals surface area contributed by atoms with E-state index in [1.807, 2.05) is 0 Å². The van der Waals surface area contributed by atoms with E-state index >= 15 is 0 Å². The molecule has 57 heavy (non-hydrogen) atoms. The molecule has 0 spiro atoms. The zero-order chi connectivity index (χ0) is 41.8. The molecule has 0 radical (unpaired) electrons. The lowest BCUT2D eigenvalue weighted by atomic mass is 10.1. The molecule has 1 unspecified atom stereocenters. The quantitative estimate of drug-likeness (QED) is 0.0266. The van der Waals surface area contributed by atoms with Gasteiger partial charge in [0.05, 0.1) is 13.2 Å². The zero-order valence-corrected chi connectivity index (χ0v) is 37.7. The summed E-state index contributed by atoms with van der Waals surface area (Å²) in [5, 5.41) is 0. The van der Waals surface area contributed by atoms with Crippen LogP contribution in [0, 0.1) is 0 Å². The molecule has 0 aromatic heterocycles. The van der Waals surface area contributed by atoms with Gasteiger partial charge in [0.2, 0.25) is 0 Å². The van der Waals surface area contributed by atoms with Crippen molar-refractivity contribution < 1.29 is 37.6 Å². The predicted molar refractivity (Wildman–Crippen MR) is 238 cm³/mol. The highest BCUT2D eigenvalue weighted by molar-refractivity contribution is 7.47. The van der Waals surface area contributed by atoms with Crippen LogP contribution in [0.5, 0.6) is 0 Å². The van der Waals surface area contributed by atoms with E-state index in [0.29, 0.717) is 6.42 Å². The second kappa shape index (κ2) is 43.8. The first-order valence-electron chi connectivity index (χ1n) is 23.5.